The molecule has 1 heterocycles. The molecule has 0 aliphatic heterocycles. The quantitative estimate of drug-likeness (QED) is 0.825. The Labute approximate surface area is 105 Å². The van der Waals surface area contributed by atoms with Gasteiger partial charge >= 0.3 is 0 Å². The van der Waals surface area contributed by atoms with E-state index in [1.807, 2.05) is 18.5 Å². The topological polar surface area (TPSA) is 75.2 Å². The van der Waals surface area contributed by atoms with Crippen molar-refractivity contribution in [1.29, 1.82) is 0 Å². The third kappa shape index (κ3) is 2.37. The van der Waals surface area contributed by atoms with Crippen molar-refractivity contribution in [3.05, 3.63) is 29.8 Å². The van der Waals surface area contributed by atoms with Crippen molar-refractivity contribution in [2.75, 3.05) is 12.8 Å². The highest BCUT2D eigenvalue weighted by atomic mass is 16.5. The number of nitrogens with zero attached hydrogens (tertiary/aromatic N) is 3. The van der Waals surface area contributed by atoms with Gasteiger partial charge in [-0.15, -0.1) is 10.2 Å². The number of hydrogen-bond acceptors (Lipinski definition) is 5. The second-order valence-corrected chi connectivity index (χ2v) is 3.92. The van der Waals surface area contributed by atoms with E-state index < -0.39 is 0 Å². The SMILES string of the molecule is COc1ccc(N)cc1OCc1nnc(C)n1C. The molecule has 2 N–H and O–H groups in total. The van der Waals surface area contributed by atoms with Crippen LogP contribution in [0.25, 0.3) is 0 Å². The van der Waals surface area contributed by atoms with Gasteiger partial charge in [-0.05, 0) is 19.1 Å². The number of methoxy groups -OCH3 is 1. The summed E-state index contributed by atoms with van der Waals surface area (Å²) in [5.41, 5.74) is 6.34. The van der Waals surface area contributed by atoms with Crippen LogP contribution in [0, 0.1) is 6.92 Å². The van der Waals surface area contributed by atoms with Crippen LogP contribution in [0.4, 0.5) is 5.69 Å². The van der Waals surface area contributed by atoms with Gasteiger partial charge in [-0.2, -0.15) is 0 Å². The molecule has 0 fully saturated rings. The summed E-state index contributed by atoms with van der Waals surface area (Å²) in [6.07, 6.45) is 0. The van der Waals surface area contributed by atoms with Gasteiger partial charge < -0.3 is 19.8 Å². The zero-order valence-corrected chi connectivity index (χ0v) is 10.7. The maximum absolute atomic E-state index is 5.72. The monoisotopic (exact) mass is 248 g/mol. The van der Waals surface area contributed by atoms with Crippen LogP contribution in [0.2, 0.25) is 0 Å². The Balaban J connectivity index is 2.15. The van der Waals surface area contributed by atoms with Crippen molar-refractivity contribution >= 4 is 5.69 Å². The van der Waals surface area contributed by atoms with Crippen molar-refractivity contribution < 1.29 is 9.47 Å². The average molecular weight is 248 g/mol. The summed E-state index contributed by atoms with van der Waals surface area (Å²) in [5, 5.41) is 7.99. The van der Waals surface area contributed by atoms with Gasteiger partial charge in [0.1, 0.15) is 12.4 Å². The molecule has 0 saturated heterocycles. The molecule has 0 aliphatic carbocycles. The van der Waals surface area contributed by atoms with Gasteiger partial charge in [0.2, 0.25) is 0 Å². The number of ether oxygens (including phenoxy) is 2. The van der Waals surface area contributed by atoms with Crippen molar-refractivity contribution in [2.45, 2.75) is 13.5 Å². The molecule has 96 valence electrons. The zero-order chi connectivity index (χ0) is 13.1. The molecule has 0 atom stereocenters. The largest absolute Gasteiger partial charge is 0.493 e. The predicted molar refractivity (Wildman–Crippen MR) is 67.5 cm³/mol. The summed E-state index contributed by atoms with van der Waals surface area (Å²) in [5.74, 6) is 2.83. The van der Waals surface area contributed by atoms with E-state index in [0.29, 0.717) is 23.8 Å². The Morgan fingerprint density at radius 2 is 2.06 bits per heavy atom. The summed E-state index contributed by atoms with van der Waals surface area (Å²) in [7, 11) is 3.48. The lowest BCUT2D eigenvalue weighted by atomic mass is 10.3. The molecule has 2 rings (SSSR count). The van der Waals surface area contributed by atoms with Crippen LogP contribution < -0.4 is 15.2 Å². The van der Waals surface area contributed by atoms with E-state index in [0.717, 1.165) is 11.6 Å². The lowest BCUT2D eigenvalue weighted by Gasteiger charge is -2.10. The first-order valence-electron chi connectivity index (χ1n) is 5.53. The number of hydrogen-bond donors (Lipinski definition) is 1. The molecular formula is C12H16N4O2. The highest BCUT2D eigenvalue weighted by Crippen LogP contribution is 2.29. The predicted octanol–water partition coefficient (Wildman–Crippen LogP) is 1.29. The van der Waals surface area contributed by atoms with Crippen LogP contribution in [0.15, 0.2) is 18.2 Å². The normalized spacial score (nSPS) is 10.4. The Kier molecular flexibility index (Phi) is 3.36. The van der Waals surface area contributed by atoms with Crippen LogP contribution >= 0.6 is 0 Å². The zero-order valence-electron chi connectivity index (χ0n) is 10.7. The standard InChI is InChI=1S/C12H16N4O2/c1-8-14-15-12(16(8)2)7-18-11-6-9(13)4-5-10(11)17-3/h4-6H,7,13H2,1-3H3. The maximum Gasteiger partial charge on any atom is 0.170 e. The van der Waals surface area contributed by atoms with Gasteiger partial charge in [0.05, 0.1) is 7.11 Å². The lowest BCUT2D eigenvalue weighted by Crippen LogP contribution is -2.05. The smallest absolute Gasteiger partial charge is 0.170 e. The van der Waals surface area contributed by atoms with Crippen molar-refractivity contribution in [3.8, 4) is 11.5 Å². The van der Waals surface area contributed by atoms with Crippen LogP contribution in [-0.2, 0) is 13.7 Å². The average Bonchev–Trinajstić information content (AvgIpc) is 2.68. The van der Waals surface area contributed by atoms with E-state index in [1.165, 1.54) is 0 Å². The summed E-state index contributed by atoms with van der Waals surface area (Å²) in [4.78, 5) is 0. The molecule has 0 amide bonds. The Morgan fingerprint density at radius 3 is 2.67 bits per heavy atom. The fourth-order valence-corrected chi connectivity index (χ4v) is 1.53. The number of nitrogen functional groups attached to an aromatic ring is 1. The minimum Gasteiger partial charge on any atom is -0.493 e. The number of anilines is 1. The van der Waals surface area contributed by atoms with E-state index in [2.05, 4.69) is 10.2 Å². The van der Waals surface area contributed by atoms with Gasteiger partial charge in [0.25, 0.3) is 0 Å². The first-order chi connectivity index (χ1) is 8.61. The van der Waals surface area contributed by atoms with E-state index >= 15 is 0 Å². The van der Waals surface area contributed by atoms with Crippen molar-refractivity contribution in [3.63, 3.8) is 0 Å². The maximum atomic E-state index is 5.72. The van der Waals surface area contributed by atoms with Crippen molar-refractivity contribution in [2.24, 2.45) is 7.05 Å². The second kappa shape index (κ2) is 4.95. The Morgan fingerprint density at radius 1 is 1.28 bits per heavy atom. The number of nitrogens with two attached hydrogens (primary N) is 1. The lowest BCUT2D eigenvalue weighted by molar-refractivity contribution is 0.273. The number of aromatic nitrogens is 3. The first-order valence-corrected chi connectivity index (χ1v) is 5.53. The Bertz CT molecular complexity index is 551. The summed E-state index contributed by atoms with van der Waals surface area (Å²) >= 11 is 0. The molecular weight excluding hydrogens is 232 g/mol. The van der Waals surface area contributed by atoms with Gasteiger partial charge in [-0.3, -0.25) is 0 Å². The van der Waals surface area contributed by atoms with Gasteiger partial charge in [0.15, 0.2) is 17.3 Å². The van der Waals surface area contributed by atoms with Crippen LogP contribution in [0.1, 0.15) is 11.6 Å². The number of benzene rings is 1. The van der Waals surface area contributed by atoms with E-state index in [4.69, 9.17) is 15.2 Å². The number of aryl methyl sites for hydroxylation is 1. The van der Waals surface area contributed by atoms with Crippen LogP contribution in [0.5, 0.6) is 11.5 Å². The molecule has 6 nitrogen and oxygen atoms in total. The van der Waals surface area contributed by atoms with E-state index in [9.17, 15) is 0 Å². The summed E-state index contributed by atoms with van der Waals surface area (Å²) < 4.78 is 12.7. The van der Waals surface area contributed by atoms with E-state index in [-0.39, 0.29) is 0 Å². The molecule has 0 bridgehead atoms. The minimum atomic E-state index is 0.317. The molecule has 0 aliphatic rings. The Hall–Kier alpha value is -2.24. The van der Waals surface area contributed by atoms with Gasteiger partial charge in [-0.25, -0.2) is 0 Å². The molecule has 0 unspecified atom stereocenters. The minimum absolute atomic E-state index is 0.317. The third-order valence-corrected chi connectivity index (χ3v) is 2.73. The molecule has 1 aromatic carbocycles. The third-order valence-electron chi connectivity index (χ3n) is 2.73. The molecule has 1 aromatic heterocycles. The van der Waals surface area contributed by atoms with Crippen LogP contribution in [0.3, 0.4) is 0 Å². The molecule has 6 heteroatoms. The molecule has 18 heavy (non-hydrogen) atoms. The summed E-state index contributed by atoms with van der Waals surface area (Å²) in [6, 6.07) is 5.26. The van der Waals surface area contributed by atoms with Gasteiger partial charge in [-0.1, -0.05) is 0 Å². The highest BCUT2D eigenvalue weighted by Gasteiger charge is 2.09. The second-order valence-electron chi connectivity index (χ2n) is 3.92. The molecule has 0 saturated carbocycles. The van der Waals surface area contributed by atoms with E-state index in [1.54, 1.807) is 25.3 Å². The molecule has 2 aromatic rings. The fraction of sp³-hybridized carbons (Fsp3) is 0.333. The first kappa shape index (κ1) is 12.2. The number of rotatable bonds is 4. The van der Waals surface area contributed by atoms with Gasteiger partial charge in [0, 0.05) is 18.8 Å². The van der Waals surface area contributed by atoms with Crippen LogP contribution in [-0.4, -0.2) is 21.9 Å². The van der Waals surface area contributed by atoms with Crippen molar-refractivity contribution in [1.82, 2.24) is 14.8 Å². The molecule has 0 spiro atoms. The molecule has 0 radical (unpaired) electrons. The summed E-state index contributed by atoms with van der Waals surface area (Å²) in [6.45, 7) is 2.20. The fourth-order valence-electron chi connectivity index (χ4n) is 1.53. The highest BCUT2D eigenvalue weighted by molar-refractivity contribution is 5.51.